The van der Waals surface area contributed by atoms with E-state index >= 15 is 0 Å². The van der Waals surface area contributed by atoms with Crippen LogP contribution in [0.4, 0.5) is 18.9 Å². The van der Waals surface area contributed by atoms with Gasteiger partial charge in [0.1, 0.15) is 0 Å². The summed E-state index contributed by atoms with van der Waals surface area (Å²) in [6.45, 7) is -0.309. The predicted octanol–water partition coefficient (Wildman–Crippen LogP) is 3.47. The third-order valence-corrected chi connectivity index (χ3v) is 4.15. The number of amides is 1. The molecule has 1 heterocycles. The van der Waals surface area contributed by atoms with E-state index in [-0.39, 0.29) is 28.7 Å². The molecule has 0 aromatic heterocycles. The molecule has 0 radical (unpaired) electrons. The minimum atomic E-state index is -4.63. The molecule has 0 bridgehead atoms. The van der Waals surface area contributed by atoms with Crippen molar-refractivity contribution in [2.75, 3.05) is 18.4 Å². The van der Waals surface area contributed by atoms with Gasteiger partial charge >= 0.3 is 6.18 Å². The van der Waals surface area contributed by atoms with Crippen LogP contribution in [0, 0.1) is 5.41 Å². The Balaban J connectivity index is 2.29. The van der Waals surface area contributed by atoms with E-state index in [0.717, 1.165) is 0 Å². The first kappa shape index (κ1) is 15.4. The van der Waals surface area contributed by atoms with Crippen molar-refractivity contribution in [3.63, 3.8) is 0 Å². The van der Waals surface area contributed by atoms with Crippen molar-refractivity contribution < 1.29 is 18.0 Å². The largest absolute Gasteiger partial charge is 0.404 e. The normalized spacial score (nSPS) is 22.9. The fraction of sp³-hybridized carbons (Fsp3) is 0.417. The highest BCUT2D eigenvalue weighted by Crippen LogP contribution is 2.44. The first-order valence-corrected chi connectivity index (χ1v) is 6.56. The number of nitrogens with one attached hydrogen (secondary N) is 2. The molecule has 1 aliphatic rings. The lowest BCUT2D eigenvalue weighted by molar-refractivity contribution is -0.213. The van der Waals surface area contributed by atoms with Crippen LogP contribution in [0.2, 0.25) is 10.0 Å². The van der Waals surface area contributed by atoms with Crippen LogP contribution in [-0.4, -0.2) is 25.2 Å². The molecular formula is C12H11Cl2F3N2O. The molecule has 1 atom stereocenters. The van der Waals surface area contributed by atoms with Crippen molar-refractivity contribution in [1.82, 2.24) is 5.32 Å². The van der Waals surface area contributed by atoms with Crippen LogP contribution < -0.4 is 10.6 Å². The second kappa shape index (κ2) is 5.42. The average molecular weight is 327 g/mol. The smallest absolute Gasteiger partial charge is 0.324 e. The molecule has 1 amide bonds. The second-order valence-corrected chi connectivity index (χ2v) is 5.35. The molecule has 0 aliphatic carbocycles. The second-order valence-electron chi connectivity index (χ2n) is 4.56. The molecule has 110 valence electrons. The van der Waals surface area contributed by atoms with Gasteiger partial charge < -0.3 is 10.6 Å². The predicted molar refractivity (Wildman–Crippen MR) is 71.1 cm³/mol. The van der Waals surface area contributed by atoms with E-state index in [1.54, 1.807) is 0 Å². The quantitative estimate of drug-likeness (QED) is 0.873. The number of hydrogen-bond acceptors (Lipinski definition) is 2. The van der Waals surface area contributed by atoms with E-state index in [1.807, 2.05) is 0 Å². The average Bonchev–Trinajstić information content (AvgIpc) is 2.85. The Hall–Kier alpha value is -0.980. The highest BCUT2D eigenvalue weighted by atomic mass is 35.5. The first-order valence-electron chi connectivity index (χ1n) is 5.81. The standard InChI is InChI=1S/C12H11Cl2F3N2O/c13-7-2-1-3-8(9(7)14)19-10(20)11(12(15,16)17)4-5-18-6-11/h1-3,18H,4-6H2,(H,19,20). The van der Waals surface area contributed by atoms with E-state index in [1.165, 1.54) is 18.2 Å². The van der Waals surface area contributed by atoms with E-state index in [4.69, 9.17) is 23.2 Å². The van der Waals surface area contributed by atoms with Crippen LogP contribution in [0.15, 0.2) is 18.2 Å². The zero-order valence-corrected chi connectivity index (χ0v) is 11.7. The summed E-state index contributed by atoms with van der Waals surface area (Å²) in [6, 6.07) is 4.38. The Kier molecular flexibility index (Phi) is 4.18. The maximum Gasteiger partial charge on any atom is 0.404 e. The first-order chi connectivity index (χ1) is 9.28. The third-order valence-electron chi connectivity index (χ3n) is 3.33. The lowest BCUT2D eigenvalue weighted by Crippen LogP contribution is -2.49. The van der Waals surface area contributed by atoms with Gasteiger partial charge in [0.15, 0.2) is 5.41 Å². The lowest BCUT2D eigenvalue weighted by Gasteiger charge is -2.29. The van der Waals surface area contributed by atoms with E-state index < -0.39 is 24.0 Å². The molecule has 2 rings (SSSR count). The number of rotatable bonds is 2. The van der Waals surface area contributed by atoms with Crippen molar-refractivity contribution in [3.05, 3.63) is 28.2 Å². The van der Waals surface area contributed by atoms with Crippen molar-refractivity contribution in [1.29, 1.82) is 0 Å². The molecular weight excluding hydrogens is 316 g/mol. The zero-order valence-electron chi connectivity index (χ0n) is 10.2. The van der Waals surface area contributed by atoms with Crippen LogP contribution in [0.25, 0.3) is 0 Å². The number of alkyl halides is 3. The maximum absolute atomic E-state index is 13.2. The molecule has 1 aromatic rings. The number of halogens is 5. The molecule has 0 spiro atoms. The van der Waals surface area contributed by atoms with Crippen molar-refractivity contribution >= 4 is 34.8 Å². The Morgan fingerprint density at radius 2 is 2.05 bits per heavy atom. The fourth-order valence-corrected chi connectivity index (χ4v) is 2.45. The van der Waals surface area contributed by atoms with Gasteiger partial charge in [-0.05, 0) is 25.1 Å². The summed E-state index contributed by atoms with van der Waals surface area (Å²) in [5.74, 6) is -1.13. The van der Waals surface area contributed by atoms with E-state index in [2.05, 4.69) is 10.6 Å². The highest BCUT2D eigenvalue weighted by molar-refractivity contribution is 6.44. The van der Waals surface area contributed by atoms with Gasteiger partial charge in [-0.25, -0.2) is 0 Å². The summed E-state index contributed by atoms with van der Waals surface area (Å²) in [6.07, 6.45) is -4.94. The van der Waals surface area contributed by atoms with Gasteiger partial charge in [-0.1, -0.05) is 29.3 Å². The maximum atomic E-state index is 13.2. The van der Waals surface area contributed by atoms with Gasteiger partial charge in [0.2, 0.25) is 5.91 Å². The van der Waals surface area contributed by atoms with Crippen molar-refractivity contribution in [2.45, 2.75) is 12.6 Å². The van der Waals surface area contributed by atoms with Crippen LogP contribution in [0.1, 0.15) is 6.42 Å². The van der Waals surface area contributed by atoms with E-state index in [0.29, 0.717) is 0 Å². The number of anilines is 1. The highest BCUT2D eigenvalue weighted by Gasteiger charge is 2.61. The minimum Gasteiger partial charge on any atom is -0.324 e. The minimum absolute atomic E-state index is 0.0193. The lowest BCUT2D eigenvalue weighted by atomic mass is 9.85. The molecule has 20 heavy (non-hydrogen) atoms. The molecule has 2 N–H and O–H groups in total. The molecule has 1 aliphatic heterocycles. The van der Waals surface area contributed by atoms with Gasteiger partial charge in [0.05, 0.1) is 15.7 Å². The van der Waals surface area contributed by atoms with Gasteiger partial charge in [0, 0.05) is 6.54 Å². The van der Waals surface area contributed by atoms with Gasteiger partial charge in [0.25, 0.3) is 0 Å². The van der Waals surface area contributed by atoms with Gasteiger partial charge in [-0.3, -0.25) is 4.79 Å². The topological polar surface area (TPSA) is 41.1 Å². The van der Waals surface area contributed by atoms with E-state index in [9.17, 15) is 18.0 Å². The van der Waals surface area contributed by atoms with Crippen LogP contribution in [-0.2, 0) is 4.79 Å². The molecule has 3 nitrogen and oxygen atoms in total. The number of carbonyl (C=O) groups is 1. The van der Waals surface area contributed by atoms with Crippen LogP contribution in [0.5, 0.6) is 0 Å². The Morgan fingerprint density at radius 3 is 2.60 bits per heavy atom. The molecule has 1 fully saturated rings. The van der Waals surface area contributed by atoms with Gasteiger partial charge in [-0.15, -0.1) is 0 Å². The molecule has 1 saturated heterocycles. The SMILES string of the molecule is O=C(Nc1cccc(Cl)c1Cl)C1(C(F)(F)F)CCNC1. The van der Waals surface area contributed by atoms with Crippen molar-refractivity contribution in [2.24, 2.45) is 5.41 Å². The number of hydrogen-bond donors (Lipinski definition) is 2. The van der Waals surface area contributed by atoms with Crippen molar-refractivity contribution in [3.8, 4) is 0 Å². The molecule has 0 saturated carbocycles. The Morgan fingerprint density at radius 1 is 1.35 bits per heavy atom. The zero-order chi connectivity index (χ0) is 15.0. The number of benzene rings is 1. The third kappa shape index (κ3) is 2.60. The summed E-state index contributed by atoms with van der Waals surface area (Å²) < 4.78 is 39.6. The molecule has 1 unspecified atom stereocenters. The molecule has 1 aromatic carbocycles. The Labute approximate surface area is 123 Å². The summed E-state index contributed by atoms with van der Waals surface area (Å²) in [5.41, 5.74) is -2.36. The Bertz CT molecular complexity index is 528. The number of carbonyl (C=O) groups excluding carboxylic acids is 1. The van der Waals surface area contributed by atoms with Crippen LogP contribution in [0.3, 0.4) is 0 Å². The van der Waals surface area contributed by atoms with Gasteiger partial charge in [-0.2, -0.15) is 13.2 Å². The summed E-state index contributed by atoms with van der Waals surface area (Å²) in [7, 11) is 0. The fourth-order valence-electron chi connectivity index (χ4n) is 2.10. The summed E-state index contributed by atoms with van der Waals surface area (Å²) in [4.78, 5) is 12.1. The van der Waals surface area contributed by atoms with Crippen LogP contribution >= 0.6 is 23.2 Å². The molecule has 8 heteroatoms. The summed E-state index contributed by atoms with van der Waals surface area (Å²) in [5, 5.41) is 4.98. The monoisotopic (exact) mass is 326 g/mol. The summed E-state index contributed by atoms with van der Waals surface area (Å²) >= 11 is 11.6.